The van der Waals surface area contributed by atoms with Crippen molar-refractivity contribution in [1.29, 1.82) is 0 Å². The summed E-state index contributed by atoms with van der Waals surface area (Å²) in [6, 6.07) is 36.5. The first-order valence-corrected chi connectivity index (χ1v) is 21.9. The number of anilines is 2. The molecule has 0 saturated carbocycles. The Balaban J connectivity index is 0.816. The largest absolute Gasteiger partial charge is 0.506 e. The van der Waals surface area contributed by atoms with Crippen LogP contribution >= 0.6 is 0 Å². The van der Waals surface area contributed by atoms with Gasteiger partial charge < -0.3 is 45.5 Å². The maximum Gasteiger partial charge on any atom is 0.411 e. The SMILES string of the molecule is COc1ccc(CC(=O)Nc2cccc(CNC(=O)CCN3CCC(OC(=O)Nc4ccccc4-c4ccccc4)CC3)c2)cc1CC(C)NC[C@H](O)c1ccc(O)c2[nH]c(=O)ccc12. The van der Waals surface area contributed by atoms with Gasteiger partial charge in [-0.3, -0.25) is 19.7 Å². The number of likely N-dealkylation sites (tertiary alicyclic amines) is 1. The molecule has 0 radical (unpaired) electrons. The van der Waals surface area contributed by atoms with Crippen molar-refractivity contribution in [3.05, 3.63) is 154 Å². The Bertz CT molecular complexity index is 2650. The minimum absolute atomic E-state index is 0.0687. The molecule has 65 heavy (non-hydrogen) atoms. The van der Waals surface area contributed by atoms with Crippen LogP contribution in [0, 0.1) is 0 Å². The maximum atomic E-state index is 13.2. The normalized spacial score (nSPS) is 14.0. The highest BCUT2D eigenvalue weighted by Gasteiger charge is 2.23. The Hall–Kier alpha value is -7.00. The lowest BCUT2D eigenvalue weighted by atomic mass is 10.00. The summed E-state index contributed by atoms with van der Waals surface area (Å²) in [5.41, 5.74) is 6.32. The first-order chi connectivity index (χ1) is 31.5. The van der Waals surface area contributed by atoms with Crippen LogP contribution in [-0.2, 0) is 33.7 Å². The second-order valence-electron chi connectivity index (χ2n) is 16.4. The number of pyridine rings is 1. The first kappa shape index (κ1) is 46.0. The van der Waals surface area contributed by atoms with E-state index in [2.05, 4.69) is 31.2 Å². The number of aromatic amines is 1. The van der Waals surface area contributed by atoms with Gasteiger partial charge in [0.15, 0.2) is 0 Å². The Morgan fingerprint density at radius 2 is 1.63 bits per heavy atom. The van der Waals surface area contributed by atoms with E-state index < -0.39 is 12.2 Å². The number of carbonyl (C=O) groups is 3. The second kappa shape index (κ2) is 22.1. The zero-order valence-corrected chi connectivity index (χ0v) is 36.6. The van der Waals surface area contributed by atoms with Crippen molar-refractivity contribution >= 4 is 40.2 Å². The molecule has 14 nitrogen and oxygen atoms in total. The Kier molecular flexibility index (Phi) is 15.6. The highest BCUT2D eigenvalue weighted by molar-refractivity contribution is 5.93. The molecule has 7 N–H and O–H groups in total. The number of piperidine rings is 1. The number of nitrogens with zero attached hydrogens (tertiary/aromatic N) is 1. The quantitative estimate of drug-likeness (QED) is 0.0470. The molecule has 0 aliphatic carbocycles. The van der Waals surface area contributed by atoms with E-state index >= 15 is 0 Å². The predicted octanol–water partition coefficient (Wildman–Crippen LogP) is 7.06. The number of hydrogen-bond acceptors (Lipinski definition) is 10. The lowest BCUT2D eigenvalue weighted by molar-refractivity contribution is -0.121. The van der Waals surface area contributed by atoms with E-state index in [0.29, 0.717) is 66.8 Å². The number of rotatable bonds is 18. The van der Waals surface area contributed by atoms with Crippen LogP contribution in [0.5, 0.6) is 11.5 Å². The zero-order valence-electron chi connectivity index (χ0n) is 36.6. The lowest BCUT2D eigenvalue weighted by Gasteiger charge is -2.31. The Morgan fingerprint density at radius 1 is 0.846 bits per heavy atom. The molecule has 1 aromatic heterocycles. The molecule has 1 aliphatic rings. The maximum absolute atomic E-state index is 13.2. The number of benzene rings is 5. The third-order valence-corrected chi connectivity index (χ3v) is 11.6. The topological polar surface area (TPSA) is 194 Å². The van der Waals surface area contributed by atoms with Gasteiger partial charge in [-0.2, -0.15) is 0 Å². The minimum Gasteiger partial charge on any atom is -0.506 e. The minimum atomic E-state index is -0.904. The molecule has 1 unspecified atom stereocenters. The smallest absolute Gasteiger partial charge is 0.411 e. The predicted molar refractivity (Wildman–Crippen MR) is 252 cm³/mol. The number of phenolic OH excluding ortho intramolecular Hbond substituents is 1. The van der Waals surface area contributed by atoms with Crippen LogP contribution in [0.3, 0.4) is 0 Å². The summed E-state index contributed by atoms with van der Waals surface area (Å²) in [4.78, 5) is 55.5. The van der Waals surface area contributed by atoms with Crippen molar-refractivity contribution in [2.45, 2.75) is 63.8 Å². The molecular formula is C51H56N6O8. The Morgan fingerprint density at radius 3 is 2.43 bits per heavy atom. The van der Waals surface area contributed by atoms with Crippen LogP contribution in [0.4, 0.5) is 16.2 Å². The van der Waals surface area contributed by atoms with Gasteiger partial charge in [-0.1, -0.05) is 78.9 Å². The molecule has 0 bridgehead atoms. The van der Waals surface area contributed by atoms with Crippen molar-refractivity contribution in [1.82, 2.24) is 20.5 Å². The number of aromatic nitrogens is 1. The van der Waals surface area contributed by atoms with Gasteiger partial charge in [-0.25, -0.2) is 4.79 Å². The average molecular weight is 881 g/mol. The van der Waals surface area contributed by atoms with Crippen LogP contribution in [-0.4, -0.2) is 83.4 Å². The molecule has 2 heterocycles. The molecule has 1 fully saturated rings. The third-order valence-electron chi connectivity index (χ3n) is 11.6. The van der Waals surface area contributed by atoms with E-state index in [1.54, 1.807) is 19.2 Å². The van der Waals surface area contributed by atoms with Gasteiger partial charge in [-0.05, 0) is 90.4 Å². The van der Waals surface area contributed by atoms with Gasteiger partial charge in [0, 0.05) is 67.9 Å². The molecular weight excluding hydrogens is 825 g/mol. The van der Waals surface area contributed by atoms with Crippen LogP contribution in [0.1, 0.15) is 54.5 Å². The van der Waals surface area contributed by atoms with Gasteiger partial charge in [0.25, 0.3) is 0 Å². The number of hydrogen-bond donors (Lipinski definition) is 7. The van der Waals surface area contributed by atoms with E-state index in [4.69, 9.17) is 9.47 Å². The van der Waals surface area contributed by atoms with Crippen LogP contribution in [0.2, 0.25) is 0 Å². The van der Waals surface area contributed by atoms with E-state index in [0.717, 1.165) is 40.9 Å². The van der Waals surface area contributed by atoms with Crippen LogP contribution in [0.25, 0.3) is 22.0 Å². The monoisotopic (exact) mass is 880 g/mol. The highest BCUT2D eigenvalue weighted by Crippen LogP contribution is 2.30. The number of aliphatic hydroxyl groups excluding tert-OH is 1. The molecule has 6 aromatic rings. The molecule has 3 amide bonds. The van der Waals surface area contributed by atoms with E-state index in [1.807, 2.05) is 104 Å². The Labute approximate surface area is 378 Å². The summed E-state index contributed by atoms with van der Waals surface area (Å²) >= 11 is 0. The molecule has 0 spiro atoms. The van der Waals surface area contributed by atoms with Crippen LogP contribution in [0.15, 0.2) is 126 Å². The number of ether oxygens (including phenoxy) is 2. The molecule has 1 aliphatic heterocycles. The number of carbonyl (C=O) groups excluding carboxylic acids is 3. The van der Waals surface area contributed by atoms with Crippen molar-refractivity contribution in [2.75, 3.05) is 43.9 Å². The van der Waals surface area contributed by atoms with Crippen molar-refractivity contribution < 1.29 is 34.1 Å². The number of H-pyrrole nitrogens is 1. The first-order valence-electron chi connectivity index (χ1n) is 21.9. The number of phenols is 1. The summed E-state index contributed by atoms with van der Waals surface area (Å²) in [6.45, 7) is 4.57. The summed E-state index contributed by atoms with van der Waals surface area (Å²) in [7, 11) is 1.60. The molecule has 14 heteroatoms. The fourth-order valence-electron chi connectivity index (χ4n) is 8.18. The molecule has 5 aromatic carbocycles. The van der Waals surface area contributed by atoms with E-state index in [1.165, 1.54) is 12.1 Å². The van der Waals surface area contributed by atoms with E-state index in [-0.39, 0.29) is 53.8 Å². The van der Waals surface area contributed by atoms with Gasteiger partial charge in [0.2, 0.25) is 17.4 Å². The fraction of sp³-hybridized carbons (Fsp3) is 0.294. The number of aliphatic hydroxyl groups is 1. The standard InChI is InChI=1S/C51H56N6O8/c1-33(52-32-45(59)41-16-18-44(58)50-42(41)17-20-48(61)56-50)27-37-28-34(15-19-46(37)64-2)30-49(62)54-38-12-8-9-35(29-38)31-53-47(60)23-26-57-24-21-39(22-25-57)65-51(63)55-43-14-7-6-13-40(43)36-10-4-3-5-11-36/h3-20,28-29,33,39,45,52,58-59H,21-27,30-32H2,1-2H3,(H,53,60)(H,54,62)(H,55,63)(H,56,61)/t33?,45-/m0/s1. The zero-order chi connectivity index (χ0) is 45.7. The van der Waals surface area contributed by atoms with Gasteiger partial charge in [0.05, 0.1) is 30.8 Å². The molecule has 338 valence electrons. The molecule has 1 saturated heterocycles. The van der Waals surface area contributed by atoms with Gasteiger partial charge in [0.1, 0.15) is 17.6 Å². The fourth-order valence-corrected chi connectivity index (χ4v) is 8.18. The average Bonchev–Trinajstić information content (AvgIpc) is 3.31. The number of nitrogens with one attached hydrogen (secondary N) is 5. The number of aromatic hydroxyl groups is 1. The molecule has 2 atom stereocenters. The summed E-state index contributed by atoms with van der Waals surface area (Å²) in [5, 5.41) is 34.1. The van der Waals surface area contributed by atoms with Gasteiger partial charge >= 0.3 is 6.09 Å². The van der Waals surface area contributed by atoms with Crippen molar-refractivity contribution in [2.24, 2.45) is 0 Å². The molecule has 7 rings (SSSR count). The van der Waals surface area contributed by atoms with E-state index in [9.17, 15) is 29.4 Å². The number of fused-ring (bicyclic) bond motifs is 1. The summed E-state index contributed by atoms with van der Waals surface area (Å²) in [5.74, 6) is 0.349. The third kappa shape index (κ3) is 12.8. The van der Waals surface area contributed by atoms with Crippen molar-refractivity contribution in [3.63, 3.8) is 0 Å². The number of para-hydroxylation sites is 1. The van der Waals surface area contributed by atoms with Crippen LogP contribution < -0.4 is 31.6 Å². The highest BCUT2D eigenvalue weighted by atomic mass is 16.6. The summed E-state index contributed by atoms with van der Waals surface area (Å²) < 4.78 is 11.4. The second-order valence-corrected chi connectivity index (χ2v) is 16.4. The van der Waals surface area contributed by atoms with Crippen molar-refractivity contribution in [3.8, 4) is 22.6 Å². The van der Waals surface area contributed by atoms with Gasteiger partial charge in [-0.15, -0.1) is 0 Å². The number of amides is 3. The summed E-state index contributed by atoms with van der Waals surface area (Å²) in [6.07, 6.45) is 0.815. The lowest BCUT2D eigenvalue weighted by Crippen LogP contribution is -2.40. The number of methoxy groups -OCH3 is 1.